The number of hydrogen-bond acceptors (Lipinski definition) is 4. The zero-order valence-corrected chi connectivity index (χ0v) is 12.1. The predicted molar refractivity (Wildman–Crippen MR) is 78.3 cm³/mol. The molecule has 0 radical (unpaired) electrons. The van der Waals surface area contributed by atoms with Gasteiger partial charge in [-0.2, -0.15) is 0 Å². The lowest BCUT2D eigenvalue weighted by molar-refractivity contribution is 0.0666. The van der Waals surface area contributed by atoms with Crippen LogP contribution in [0.2, 0.25) is 0 Å². The van der Waals surface area contributed by atoms with E-state index in [0.717, 1.165) is 51.3 Å². The van der Waals surface area contributed by atoms with Crippen molar-refractivity contribution in [1.29, 1.82) is 0 Å². The van der Waals surface area contributed by atoms with Gasteiger partial charge < -0.3 is 10.1 Å². The molecule has 1 aliphatic heterocycles. The highest BCUT2D eigenvalue weighted by molar-refractivity contribution is 5.43. The van der Waals surface area contributed by atoms with Gasteiger partial charge in [-0.1, -0.05) is 6.92 Å². The van der Waals surface area contributed by atoms with E-state index in [2.05, 4.69) is 35.1 Å². The monoisotopic (exact) mass is 263 g/mol. The van der Waals surface area contributed by atoms with E-state index in [-0.39, 0.29) is 0 Å². The Balaban J connectivity index is 1.93. The highest BCUT2D eigenvalue weighted by atomic mass is 16.5. The molecule has 1 unspecified atom stereocenters. The van der Waals surface area contributed by atoms with E-state index in [9.17, 15) is 0 Å². The van der Waals surface area contributed by atoms with Crippen LogP contribution >= 0.6 is 0 Å². The third kappa shape index (κ3) is 4.80. The number of nitrogens with one attached hydrogen (secondary N) is 1. The summed E-state index contributed by atoms with van der Waals surface area (Å²) in [6.07, 6.45) is 4.46. The molecule has 0 bridgehead atoms. The summed E-state index contributed by atoms with van der Waals surface area (Å²) in [6.45, 7) is 9.21. The molecule has 2 rings (SSSR count). The molecular formula is C15H25N3O. The largest absolute Gasteiger partial charge is 0.385 e. The second-order valence-electron chi connectivity index (χ2n) is 5.23. The molecule has 2 heterocycles. The van der Waals surface area contributed by atoms with Crippen LogP contribution in [0.15, 0.2) is 18.3 Å². The molecule has 1 saturated heterocycles. The molecule has 106 valence electrons. The predicted octanol–water partition coefficient (Wildman–Crippen LogP) is 2.51. The lowest BCUT2D eigenvalue weighted by atomic mass is 10.2. The van der Waals surface area contributed by atoms with Gasteiger partial charge >= 0.3 is 0 Å². The zero-order chi connectivity index (χ0) is 13.5. The van der Waals surface area contributed by atoms with Crippen molar-refractivity contribution in [2.24, 2.45) is 0 Å². The van der Waals surface area contributed by atoms with Crippen LogP contribution in [0.4, 0.5) is 5.69 Å². The Morgan fingerprint density at radius 1 is 1.53 bits per heavy atom. The van der Waals surface area contributed by atoms with Crippen molar-refractivity contribution in [3.05, 3.63) is 24.0 Å². The number of rotatable bonds is 5. The van der Waals surface area contributed by atoms with E-state index in [1.807, 2.05) is 12.3 Å². The second kappa shape index (κ2) is 7.46. The summed E-state index contributed by atoms with van der Waals surface area (Å²) < 4.78 is 5.67. The van der Waals surface area contributed by atoms with Gasteiger partial charge in [0, 0.05) is 44.7 Å². The second-order valence-corrected chi connectivity index (χ2v) is 5.23. The molecule has 1 aromatic heterocycles. The molecule has 0 aliphatic carbocycles. The van der Waals surface area contributed by atoms with Crippen molar-refractivity contribution < 1.29 is 4.74 Å². The van der Waals surface area contributed by atoms with E-state index in [4.69, 9.17) is 4.74 Å². The van der Waals surface area contributed by atoms with Gasteiger partial charge in [0.2, 0.25) is 0 Å². The molecule has 4 nitrogen and oxygen atoms in total. The van der Waals surface area contributed by atoms with Crippen molar-refractivity contribution in [3.8, 4) is 0 Å². The normalized spacial score (nSPS) is 21.1. The van der Waals surface area contributed by atoms with E-state index in [1.165, 1.54) is 5.69 Å². The first kappa shape index (κ1) is 14.3. The molecule has 0 spiro atoms. The fraction of sp³-hybridized carbons (Fsp3) is 0.667. The van der Waals surface area contributed by atoms with Crippen LogP contribution in [0, 0.1) is 0 Å². The van der Waals surface area contributed by atoms with E-state index >= 15 is 0 Å². The van der Waals surface area contributed by atoms with Crippen molar-refractivity contribution in [1.82, 2.24) is 9.88 Å². The summed E-state index contributed by atoms with van der Waals surface area (Å²) >= 11 is 0. The Labute approximate surface area is 116 Å². The van der Waals surface area contributed by atoms with E-state index in [0.29, 0.717) is 6.10 Å². The average Bonchev–Trinajstić information content (AvgIpc) is 2.61. The van der Waals surface area contributed by atoms with E-state index in [1.54, 1.807) is 0 Å². The summed E-state index contributed by atoms with van der Waals surface area (Å²) in [7, 11) is 0. The minimum atomic E-state index is 0.323. The lowest BCUT2D eigenvalue weighted by Crippen LogP contribution is -2.30. The maximum absolute atomic E-state index is 5.67. The van der Waals surface area contributed by atoms with Gasteiger partial charge in [-0.15, -0.1) is 0 Å². The molecule has 19 heavy (non-hydrogen) atoms. The zero-order valence-electron chi connectivity index (χ0n) is 12.1. The third-order valence-corrected chi connectivity index (χ3v) is 3.32. The number of nitrogens with zero attached hydrogens (tertiary/aromatic N) is 2. The van der Waals surface area contributed by atoms with Gasteiger partial charge in [0.05, 0.1) is 11.8 Å². The Morgan fingerprint density at radius 3 is 3.26 bits per heavy atom. The Bertz CT molecular complexity index is 383. The van der Waals surface area contributed by atoms with Gasteiger partial charge in [-0.3, -0.25) is 9.88 Å². The van der Waals surface area contributed by atoms with Crippen LogP contribution in [0.1, 0.15) is 32.4 Å². The maximum Gasteiger partial charge on any atom is 0.0674 e. The fourth-order valence-electron chi connectivity index (χ4n) is 2.40. The first-order valence-corrected chi connectivity index (χ1v) is 7.30. The maximum atomic E-state index is 5.67. The molecule has 0 amide bonds. The molecule has 1 atom stereocenters. The van der Waals surface area contributed by atoms with Gasteiger partial charge in [-0.05, 0) is 31.9 Å². The van der Waals surface area contributed by atoms with Gasteiger partial charge in [0.1, 0.15) is 0 Å². The van der Waals surface area contributed by atoms with Gasteiger partial charge in [0.25, 0.3) is 0 Å². The molecule has 1 aromatic rings. The van der Waals surface area contributed by atoms with Crippen LogP contribution in [0.5, 0.6) is 0 Å². The highest BCUT2D eigenvalue weighted by Crippen LogP contribution is 2.12. The molecule has 0 saturated carbocycles. The Hall–Kier alpha value is -1.13. The van der Waals surface area contributed by atoms with Crippen LogP contribution in [0.3, 0.4) is 0 Å². The summed E-state index contributed by atoms with van der Waals surface area (Å²) in [5.41, 5.74) is 2.31. The lowest BCUT2D eigenvalue weighted by Gasteiger charge is -2.21. The summed E-state index contributed by atoms with van der Waals surface area (Å²) in [4.78, 5) is 6.91. The van der Waals surface area contributed by atoms with Gasteiger partial charge in [0.15, 0.2) is 0 Å². The summed E-state index contributed by atoms with van der Waals surface area (Å²) in [6, 6.07) is 4.19. The first-order valence-electron chi connectivity index (χ1n) is 7.30. The highest BCUT2D eigenvalue weighted by Gasteiger charge is 2.15. The number of pyridine rings is 1. The van der Waals surface area contributed by atoms with Crippen LogP contribution in [-0.2, 0) is 11.3 Å². The molecule has 1 N–H and O–H groups in total. The topological polar surface area (TPSA) is 37.4 Å². The fourth-order valence-corrected chi connectivity index (χ4v) is 2.40. The quantitative estimate of drug-likeness (QED) is 0.886. The molecule has 0 aromatic carbocycles. The SMILES string of the molecule is CCCNc1ccnc(CN2CCCOC(C)C2)c1. The number of ether oxygens (including phenoxy) is 1. The Kier molecular flexibility index (Phi) is 5.61. The standard InChI is InChI=1S/C15H25N3O/c1-3-6-16-14-5-7-17-15(10-14)12-18-8-4-9-19-13(2)11-18/h5,7,10,13H,3-4,6,8-9,11-12H2,1-2H3,(H,16,17). The van der Waals surface area contributed by atoms with E-state index < -0.39 is 0 Å². The van der Waals surface area contributed by atoms with Crippen molar-refractivity contribution in [2.75, 3.05) is 31.6 Å². The van der Waals surface area contributed by atoms with Crippen molar-refractivity contribution in [2.45, 2.75) is 39.3 Å². The minimum Gasteiger partial charge on any atom is -0.385 e. The van der Waals surface area contributed by atoms with Gasteiger partial charge in [-0.25, -0.2) is 0 Å². The van der Waals surface area contributed by atoms with Crippen molar-refractivity contribution in [3.63, 3.8) is 0 Å². The third-order valence-electron chi connectivity index (χ3n) is 3.32. The smallest absolute Gasteiger partial charge is 0.0674 e. The number of anilines is 1. The molecule has 4 heteroatoms. The molecular weight excluding hydrogens is 238 g/mol. The first-order chi connectivity index (χ1) is 9.28. The van der Waals surface area contributed by atoms with Crippen LogP contribution in [0.25, 0.3) is 0 Å². The van der Waals surface area contributed by atoms with Crippen LogP contribution < -0.4 is 5.32 Å². The van der Waals surface area contributed by atoms with Crippen LogP contribution in [-0.4, -0.2) is 42.2 Å². The molecule has 1 fully saturated rings. The summed E-state index contributed by atoms with van der Waals surface area (Å²) in [5, 5.41) is 3.41. The number of aromatic nitrogens is 1. The van der Waals surface area contributed by atoms with Crippen molar-refractivity contribution >= 4 is 5.69 Å². The Morgan fingerprint density at radius 2 is 2.42 bits per heavy atom. The number of hydrogen-bond donors (Lipinski definition) is 1. The minimum absolute atomic E-state index is 0.323. The summed E-state index contributed by atoms with van der Waals surface area (Å²) in [5.74, 6) is 0. The molecule has 1 aliphatic rings. The average molecular weight is 263 g/mol.